The van der Waals surface area contributed by atoms with Gasteiger partial charge >= 0.3 is 6.09 Å². The predicted molar refractivity (Wildman–Crippen MR) is 110 cm³/mol. The zero-order valence-corrected chi connectivity index (χ0v) is 18.3. The van der Waals surface area contributed by atoms with E-state index in [0.717, 1.165) is 18.5 Å². The van der Waals surface area contributed by atoms with Crippen molar-refractivity contribution < 1.29 is 19.1 Å². The summed E-state index contributed by atoms with van der Waals surface area (Å²) < 4.78 is 11.0. The van der Waals surface area contributed by atoms with Crippen molar-refractivity contribution in [2.75, 3.05) is 13.2 Å². The van der Waals surface area contributed by atoms with Crippen LogP contribution in [-0.2, 0) is 4.74 Å². The molecule has 1 aromatic heterocycles. The number of piperidine rings is 2. The number of ether oxygens (including phenoxy) is 2. The van der Waals surface area contributed by atoms with Crippen molar-refractivity contribution in [2.24, 2.45) is 11.8 Å². The van der Waals surface area contributed by atoms with E-state index in [-0.39, 0.29) is 18.0 Å². The van der Waals surface area contributed by atoms with Crippen molar-refractivity contribution in [2.45, 2.75) is 72.1 Å². The molecule has 3 heterocycles. The number of aryl methyl sites for hydroxylation is 1. The summed E-state index contributed by atoms with van der Waals surface area (Å²) in [6, 6.07) is 3.75. The van der Waals surface area contributed by atoms with Crippen LogP contribution in [-0.4, -0.2) is 52.7 Å². The Labute approximate surface area is 173 Å². The highest BCUT2D eigenvalue weighted by Gasteiger charge is 2.51. The average Bonchev–Trinajstić information content (AvgIpc) is 2.58. The van der Waals surface area contributed by atoms with E-state index in [9.17, 15) is 9.59 Å². The molecule has 7 nitrogen and oxygen atoms in total. The molecular weight excluding hydrogens is 370 g/mol. The number of hydrogen-bond donors (Lipinski definition) is 1. The molecule has 2 bridgehead atoms. The largest absolute Gasteiger partial charge is 0.491 e. The second-order valence-electron chi connectivity index (χ2n) is 9.14. The first-order valence-electron chi connectivity index (χ1n) is 10.5. The van der Waals surface area contributed by atoms with Crippen LogP contribution >= 0.6 is 0 Å². The maximum absolute atomic E-state index is 13.6. The summed E-state index contributed by atoms with van der Waals surface area (Å²) in [5, 5.41) is 2.86. The monoisotopic (exact) mass is 403 g/mol. The number of alkyl carbamates (subject to hydrolysis) is 1. The van der Waals surface area contributed by atoms with E-state index in [0.29, 0.717) is 36.4 Å². The summed E-state index contributed by atoms with van der Waals surface area (Å²) >= 11 is 0. The van der Waals surface area contributed by atoms with Crippen LogP contribution < -0.4 is 10.1 Å². The second kappa shape index (κ2) is 8.20. The highest BCUT2D eigenvalue weighted by molar-refractivity contribution is 5.95. The molecule has 2 aliphatic heterocycles. The van der Waals surface area contributed by atoms with Crippen molar-refractivity contribution >= 4 is 12.0 Å². The first kappa shape index (κ1) is 21.4. The van der Waals surface area contributed by atoms with Crippen molar-refractivity contribution in [3.05, 3.63) is 23.5 Å². The molecule has 1 saturated carbocycles. The number of carbonyl (C=O) groups is 2. The Morgan fingerprint density at radius 3 is 2.59 bits per heavy atom. The molecule has 3 fully saturated rings. The summed E-state index contributed by atoms with van der Waals surface area (Å²) in [6.45, 7) is 12.3. The van der Waals surface area contributed by atoms with Gasteiger partial charge in [-0.25, -0.2) is 9.78 Å². The Balaban J connectivity index is 1.81. The number of fused-ring (bicyclic) bond motifs is 2. The fraction of sp³-hybridized carbons (Fsp3) is 0.682. The van der Waals surface area contributed by atoms with E-state index < -0.39 is 11.7 Å². The van der Waals surface area contributed by atoms with Gasteiger partial charge in [-0.05, 0) is 71.4 Å². The van der Waals surface area contributed by atoms with E-state index in [2.05, 4.69) is 17.2 Å². The fourth-order valence-electron chi connectivity index (χ4n) is 4.32. The van der Waals surface area contributed by atoms with Gasteiger partial charge < -0.3 is 19.7 Å². The van der Waals surface area contributed by atoms with Gasteiger partial charge in [-0.3, -0.25) is 4.79 Å². The highest BCUT2D eigenvalue weighted by atomic mass is 16.6. The Morgan fingerprint density at radius 2 is 1.97 bits per heavy atom. The lowest BCUT2D eigenvalue weighted by molar-refractivity contribution is -0.0548. The lowest BCUT2D eigenvalue weighted by Crippen LogP contribution is -2.65. The van der Waals surface area contributed by atoms with E-state index >= 15 is 0 Å². The summed E-state index contributed by atoms with van der Waals surface area (Å²) in [6.07, 6.45) is 1.55. The molecule has 4 rings (SSSR count). The average molecular weight is 404 g/mol. The van der Waals surface area contributed by atoms with E-state index in [1.165, 1.54) is 0 Å². The van der Waals surface area contributed by atoms with Crippen molar-refractivity contribution in [3.8, 4) is 5.75 Å². The van der Waals surface area contributed by atoms with E-state index in [4.69, 9.17) is 9.47 Å². The molecular formula is C22H33N3O4. The minimum Gasteiger partial charge on any atom is -0.491 e. The van der Waals surface area contributed by atoms with Gasteiger partial charge in [0.25, 0.3) is 5.91 Å². The topological polar surface area (TPSA) is 80.8 Å². The molecule has 7 heteroatoms. The van der Waals surface area contributed by atoms with Gasteiger partial charge in [-0.1, -0.05) is 6.92 Å². The molecule has 3 aliphatic rings. The van der Waals surface area contributed by atoms with Gasteiger partial charge in [-0.2, -0.15) is 0 Å². The van der Waals surface area contributed by atoms with Crippen LogP contribution in [0.4, 0.5) is 4.79 Å². The fourth-order valence-corrected chi connectivity index (χ4v) is 4.32. The van der Waals surface area contributed by atoms with Gasteiger partial charge in [-0.15, -0.1) is 0 Å². The molecule has 160 valence electrons. The van der Waals surface area contributed by atoms with Crippen molar-refractivity contribution in [3.63, 3.8) is 0 Å². The van der Waals surface area contributed by atoms with Crippen LogP contribution in [0.15, 0.2) is 12.1 Å². The quantitative estimate of drug-likeness (QED) is 0.813. The Bertz CT molecular complexity index is 768. The van der Waals surface area contributed by atoms with Crippen LogP contribution in [0.3, 0.4) is 0 Å². The highest BCUT2D eigenvalue weighted by Crippen LogP contribution is 2.47. The van der Waals surface area contributed by atoms with Gasteiger partial charge in [0, 0.05) is 18.3 Å². The molecule has 0 aromatic carbocycles. The maximum atomic E-state index is 13.6. The van der Waals surface area contributed by atoms with Gasteiger partial charge in [0.1, 0.15) is 5.60 Å². The summed E-state index contributed by atoms with van der Waals surface area (Å²) in [7, 11) is 0. The first-order valence-corrected chi connectivity index (χ1v) is 10.5. The van der Waals surface area contributed by atoms with Crippen LogP contribution in [0, 0.1) is 18.8 Å². The molecule has 2 amide bonds. The number of amides is 2. The lowest BCUT2D eigenvalue weighted by Gasteiger charge is -2.57. The molecule has 29 heavy (non-hydrogen) atoms. The molecule has 2 atom stereocenters. The Hall–Kier alpha value is -2.31. The molecule has 1 aromatic rings. The van der Waals surface area contributed by atoms with Crippen LogP contribution in [0.25, 0.3) is 0 Å². The van der Waals surface area contributed by atoms with E-state index in [1.54, 1.807) is 0 Å². The summed E-state index contributed by atoms with van der Waals surface area (Å²) in [5.74, 6) is 1.27. The minimum atomic E-state index is -0.558. The Kier molecular flexibility index (Phi) is 6.05. The third-order valence-corrected chi connectivity index (χ3v) is 5.84. The number of pyridine rings is 1. The number of nitrogens with one attached hydrogen (secondary N) is 1. The van der Waals surface area contributed by atoms with Gasteiger partial charge in [0.15, 0.2) is 11.4 Å². The van der Waals surface area contributed by atoms with Crippen LogP contribution in [0.1, 0.15) is 63.6 Å². The Morgan fingerprint density at radius 1 is 1.28 bits per heavy atom. The zero-order valence-electron chi connectivity index (χ0n) is 18.3. The first-order chi connectivity index (χ1) is 13.6. The van der Waals surface area contributed by atoms with Gasteiger partial charge in [0.2, 0.25) is 0 Å². The minimum absolute atomic E-state index is 0.0932. The van der Waals surface area contributed by atoms with Crippen molar-refractivity contribution in [1.82, 2.24) is 15.2 Å². The number of nitrogens with zero attached hydrogens (tertiary/aromatic N) is 2. The second-order valence-corrected chi connectivity index (χ2v) is 9.14. The normalized spacial score (nSPS) is 25.8. The molecule has 1 aliphatic carbocycles. The smallest absolute Gasteiger partial charge is 0.407 e. The van der Waals surface area contributed by atoms with E-state index in [1.807, 2.05) is 51.7 Å². The molecule has 0 radical (unpaired) electrons. The molecule has 0 unspecified atom stereocenters. The van der Waals surface area contributed by atoms with Gasteiger partial charge in [0.05, 0.1) is 12.6 Å². The van der Waals surface area contributed by atoms with Crippen molar-refractivity contribution in [1.29, 1.82) is 0 Å². The summed E-state index contributed by atoms with van der Waals surface area (Å²) in [4.78, 5) is 32.1. The predicted octanol–water partition coefficient (Wildman–Crippen LogP) is 3.55. The third kappa shape index (κ3) is 4.65. The zero-order chi connectivity index (χ0) is 21.3. The molecule has 2 saturated heterocycles. The molecule has 0 spiro atoms. The lowest BCUT2D eigenvalue weighted by atomic mass is 9.64. The molecule has 1 N–H and O–H groups in total. The number of carbonyl (C=O) groups excluding carboxylic acids is 2. The maximum Gasteiger partial charge on any atom is 0.407 e. The third-order valence-electron chi connectivity index (χ3n) is 5.84. The number of aromatic nitrogens is 1. The van der Waals surface area contributed by atoms with Crippen LogP contribution in [0.5, 0.6) is 5.75 Å². The van der Waals surface area contributed by atoms with Crippen LogP contribution in [0.2, 0.25) is 0 Å². The number of hydrogen-bond acceptors (Lipinski definition) is 5. The summed E-state index contributed by atoms with van der Waals surface area (Å²) in [5.41, 5.74) is 0.570. The standard InChI is InChI=1S/C22H33N3O4/c1-7-28-18-9-8-13(2)24-19(18)20(26)25-16-10-15(11-16)14(3)17(25)12-23-21(27)29-22(4,5)6/h8-9,14-17H,7,10-12H2,1-6H3,(H,23,27)/t14-,15?,16?,17-/m1/s1. The number of rotatable bonds is 5. The SMILES string of the molecule is CCOc1ccc(C)nc1C(=O)N1C2CC(C2)[C@@H](C)[C@H]1CNC(=O)OC(C)(C)C.